The summed E-state index contributed by atoms with van der Waals surface area (Å²) in [6.45, 7) is 2.10. The molecule has 3 nitrogen and oxygen atoms in total. The molecule has 0 bridgehead atoms. The molecule has 21 heavy (non-hydrogen) atoms. The van der Waals surface area contributed by atoms with Gasteiger partial charge in [-0.05, 0) is 37.5 Å². The average Bonchev–Trinajstić information content (AvgIpc) is 2.51. The summed E-state index contributed by atoms with van der Waals surface area (Å²) in [6, 6.07) is 14.2. The third kappa shape index (κ3) is 3.76. The van der Waals surface area contributed by atoms with Gasteiger partial charge < -0.3 is 15.2 Å². The third-order valence-electron chi connectivity index (χ3n) is 3.66. The summed E-state index contributed by atoms with van der Waals surface area (Å²) < 4.78 is 10.8. The summed E-state index contributed by atoms with van der Waals surface area (Å²) in [6.07, 6.45) is 1.78. The Hall–Kier alpha value is -2.00. The fourth-order valence-electron chi connectivity index (χ4n) is 2.58. The molecule has 1 unspecified atom stereocenters. The first kappa shape index (κ1) is 15.4. The van der Waals surface area contributed by atoms with E-state index < -0.39 is 0 Å². The minimum absolute atomic E-state index is 0.114. The lowest BCUT2D eigenvalue weighted by Crippen LogP contribution is -2.14. The number of hydrogen-bond acceptors (Lipinski definition) is 3. The molecular weight excluding hydrogens is 262 g/mol. The van der Waals surface area contributed by atoms with Gasteiger partial charge in [0.15, 0.2) is 0 Å². The van der Waals surface area contributed by atoms with Crippen molar-refractivity contribution in [1.29, 1.82) is 0 Å². The van der Waals surface area contributed by atoms with Crippen LogP contribution < -0.4 is 15.2 Å². The van der Waals surface area contributed by atoms with Crippen molar-refractivity contribution in [2.24, 2.45) is 5.73 Å². The van der Waals surface area contributed by atoms with Crippen LogP contribution in [-0.2, 0) is 6.42 Å². The van der Waals surface area contributed by atoms with Crippen LogP contribution in [0.2, 0.25) is 0 Å². The van der Waals surface area contributed by atoms with Crippen LogP contribution in [0.3, 0.4) is 0 Å². The molecule has 0 fully saturated rings. The van der Waals surface area contributed by atoms with Gasteiger partial charge in [0.05, 0.1) is 19.8 Å². The smallest absolute Gasteiger partial charge is 0.127 e. The molecule has 2 N–H and O–H groups in total. The molecule has 1 atom stereocenters. The molecule has 112 valence electrons. The Bertz CT molecular complexity index is 573. The highest BCUT2D eigenvalue weighted by atomic mass is 16.5. The molecule has 0 spiro atoms. The normalized spacial score (nSPS) is 12.0. The van der Waals surface area contributed by atoms with E-state index in [0.717, 1.165) is 29.9 Å². The van der Waals surface area contributed by atoms with Crippen molar-refractivity contribution in [2.75, 3.05) is 14.2 Å². The van der Waals surface area contributed by atoms with Gasteiger partial charge in [-0.2, -0.15) is 0 Å². The fourth-order valence-corrected chi connectivity index (χ4v) is 2.58. The second-order valence-electron chi connectivity index (χ2n) is 5.21. The summed E-state index contributed by atoms with van der Waals surface area (Å²) in [5.41, 5.74) is 9.89. The van der Waals surface area contributed by atoms with E-state index in [2.05, 4.69) is 31.2 Å². The van der Waals surface area contributed by atoms with Gasteiger partial charge >= 0.3 is 0 Å². The third-order valence-corrected chi connectivity index (χ3v) is 3.66. The van der Waals surface area contributed by atoms with Gasteiger partial charge in [0.1, 0.15) is 11.5 Å². The van der Waals surface area contributed by atoms with Crippen molar-refractivity contribution >= 4 is 0 Å². The van der Waals surface area contributed by atoms with Crippen LogP contribution in [0.1, 0.15) is 29.2 Å². The Kier molecular flexibility index (Phi) is 5.23. The molecule has 2 aromatic rings. The van der Waals surface area contributed by atoms with Crippen molar-refractivity contribution in [3.8, 4) is 11.5 Å². The van der Waals surface area contributed by atoms with Gasteiger partial charge in [-0.3, -0.25) is 0 Å². The summed E-state index contributed by atoms with van der Waals surface area (Å²) in [4.78, 5) is 0. The zero-order chi connectivity index (χ0) is 15.2. The number of hydrogen-bond donors (Lipinski definition) is 1. The molecule has 0 saturated carbocycles. The predicted octanol–water partition coefficient (Wildman–Crippen LogP) is 3.64. The first-order chi connectivity index (χ1) is 10.2. The van der Waals surface area contributed by atoms with Gasteiger partial charge in [-0.1, -0.05) is 35.9 Å². The summed E-state index contributed by atoms with van der Waals surface area (Å²) >= 11 is 0. The first-order valence-electron chi connectivity index (χ1n) is 7.17. The maximum Gasteiger partial charge on any atom is 0.127 e. The maximum atomic E-state index is 6.37. The highest BCUT2D eigenvalue weighted by molar-refractivity contribution is 5.46. The minimum atomic E-state index is -0.114. The van der Waals surface area contributed by atoms with Crippen LogP contribution in [0.15, 0.2) is 42.5 Å². The molecule has 0 aliphatic carbocycles. The number of ether oxygens (including phenoxy) is 2. The Morgan fingerprint density at radius 1 is 1.00 bits per heavy atom. The SMILES string of the molecule is COc1cccc(OC)c1C(N)CCc1cccc(C)c1. The average molecular weight is 285 g/mol. The highest BCUT2D eigenvalue weighted by Crippen LogP contribution is 2.34. The molecule has 0 saturated heterocycles. The van der Waals surface area contributed by atoms with E-state index in [4.69, 9.17) is 15.2 Å². The quantitative estimate of drug-likeness (QED) is 0.881. The Morgan fingerprint density at radius 2 is 1.62 bits per heavy atom. The Morgan fingerprint density at radius 3 is 2.19 bits per heavy atom. The highest BCUT2D eigenvalue weighted by Gasteiger charge is 2.17. The van der Waals surface area contributed by atoms with Crippen molar-refractivity contribution in [1.82, 2.24) is 0 Å². The Balaban J connectivity index is 2.15. The number of rotatable bonds is 6. The summed E-state index contributed by atoms with van der Waals surface area (Å²) in [7, 11) is 3.32. The zero-order valence-electron chi connectivity index (χ0n) is 12.9. The summed E-state index contributed by atoms with van der Waals surface area (Å²) in [5, 5.41) is 0. The molecule has 2 rings (SSSR count). The topological polar surface area (TPSA) is 44.5 Å². The van der Waals surface area contributed by atoms with E-state index >= 15 is 0 Å². The number of aryl methyl sites for hydroxylation is 2. The molecule has 0 amide bonds. The molecule has 0 radical (unpaired) electrons. The fraction of sp³-hybridized carbons (Fsp3) is 0.333. The standard InChI is InChI=1S/C18H23NO2/c1-13-6-4-7-14(12-13)10-11-15(19)18-16(20-2)8-5-9-17(18)21-3/h4-9,12,15H,10-11,19H2,1-3H3. The van der Waals surface area contributed by atoms with Crippen LogP contribution in [0.5, 0.6) is 11.5 Å². The van der Waals surface area contributed by atoms with E-state index in [-0.39, 0.29) is 6.04 Å². The van der Waals surface area contributed by atoms with Crippen molar-refractivity contribution in [2.45, 2.75) is 25.8 Å². The lowest BCUT2D eigenvalue weighted by atomic mass is 9.97. The van der Waals surface area contributed by atoms with Crippen LogP contribution in [0.4, 0.5) is 0 Å². The molecule has 3 heteroatoms. The number of methoxy groups -OCH3 is 2. The van der Waals surface area contributed by atoms with E-state index in [1.165, 1.54) is 11.1 Å². The molecule has 0 heterocycles. The molecular formula is C18H23NO2. The van der Waals surface area contributed by atoms with Crippen LogP contribution in [-0.4, -0.2) is 14.2 Å². The molecule has 0 aliphatic rings. The molecule has 0 aliphatic heterocycles. The zero-order valence-corrected chi connectivity index (χ0v) is 12.9. The van der Waals surface area contributed by atoms with Crippen molar-refractivity contribution in [3.05, 3.63) is 59.2 Å². The maximum absolute atomic E-state index is 6.37. The van der Waals surface area contributed by atoms with Gasteiger partial charge in [-0.15, -0.1) is 0 Å². The van der Waals surface area contributed by atoms with E-state index in [9.17, 15) is 0 Å². The van der Waals surface area contributed by atoms with E-state index in [1.807, 2.05) is 18.2 Å². The van der Waals surface area contributed by atoms with Gasteiger partial charge in [0, 0.05) is 6.04 Å². The van der Waals surface area contributed by atoms with Crippen LogP contribution in [0, 0.1) is 6.92 Å². The Labute approximate surface area is 126 Å². The van der Waals surface area contributed by atoms with Gasteiger partial charge in [0.25, 0.3) is 0 Å². The summed E-state index contributed by atoms with van der Waals surface area (Å²) in [5.74, 6) is 1.57. The van der Waals surface area contributed by atoms with Gasteiger partial charge in [-0.25, -0.2) is 0 Å². The van der Waals surface area contributed by atoms with Crippen molar-refractivity contribution in [3.63, 3.8) is 0 Å². The number of benzene rings is 2. The monoisotopic (exact) mass is 285 g/mol. The van der Waals surface area contributed by atoms with Crippen LogP contribution >= 0.6 is 0 Å². The van der Waals surface area contributed by atoms with Gasteiger partial charge in [0.2, 0.25) is 0 Å². The minimum Gasteiger partial charge on any atom is -0.496 e. The van der Waals surface area contributed by atoms with E-state index in [0.29, 0.717) is 0 Å². The van der Waals surface area contributed by atoms with Crippen LogP contribution in [0.25, 0.3) is 0 Å². The lowest BCUT2D eigenvalue weighted by Gasteiger charge is -2.19. The molecule has 0 aromatic heterocycles. The second-order valence-corrected chi connectivity index (χ2v) is 5.21. The van der Waals surface area contributed by atoms with E-state index in [1.54, 1.807) is 14.2 Å². The predicted molar refractivity (Wildman–Crippen MR) is 86.0 cm³/mol. The number of nitrogens with two attached hydrogens (primary N) is 1. The largest absolute Gasteiger partial charge is 0.496 e. The molecule has 2 aromatic carbocycles. The lowest BCUT2D eigenvalue weighted by molar-refractivity contribution is 0.377. The second kappa shape index (κ2) is 7.14. The first-order valence-corrected chi connectivity index (χ1v) is 7.17. The van der Waals surface area contributed by atoms with Crippen molar-refractivity contribution < 1.29 is 9.47 Å².